The van der Waals surface area contributed by atoms with E-state index in [9.17, 15) is 5.11 Å². The Hall–Kier alpha value is -0.0800. The molecule has 0 rings (SSSR count). The summed E-state index contributed by atoms with van der Waals surface area (Å²) in [6.07, 6.45) is 27.4. The molecule has 0 aliphatic heterocycles. The van der Waals surface area contributed by atoms with Crippen LogP contribution in [0.15, 0.2) is 0 Å². The van der Waals surface area contributed by atoms with Crippen molar-refractivity contribution in [2.75, 3.05) is 13.1 Å². The third-order valence-corrected chi connectivity index (χ3v) is 6.13. The summed E-state index contributed by atoms with van der Waals surface area (Å²) >= 11 is 0. The van der Waals surface area contributed by atoms with Gasteiger partial charge < -0.3 is 5.11 Å². The summed E-state index contributed by atoms with van der Waals surface area (Å²) in [6.45, 7) is 8.66. The lowest BCUT2D eigenvalue weighted by Gasteiger charge is -2.25. The summed E-state index contributed by atoms with van der Waals surface area (Å²) in [5.41, 5.74) is 0. The van der Waals surface area contributed by atoms with Gasteiger partial charge in [0.05, 0.1) is 0 Å². The molecule has 0 aromatic heterocycles. The van der Waals surface area contributed by atoms with Crippen molar-refractivity contribution in [3.05, 3.63) is 0 Å². The third-order valence-electron chi connectivity index (χ3n) is 6.13. The fraction of sp³-hybridized carbons (Fsp3) is 1.00. The quantitative estimate of drug-likeness (QED) is 0.138. The van der Waals surface area contributed by atoms with Crippen molar-refractivity contribution in [1.82, 2.24) is 4.90 Å². The maximum absolute atomic E-state index is 10.0. The van der Waals surface area contributed by atoms with Gasteiger partial charge in [0.2, 0.25) is 0 Å². The second-order valence-electron chi connectivity index (χ2n) is 9.03. The van der Waals surface area contributed by atoms with Gasteiger partial charge in [-0.05, 0) is 19.8 Å². The molecule has 0 aromatic rings. The Bertz CT molecular complexity index is 256. The molecule has 0 heterocycles. The van der Waals surface area contributed by atoms with Crippen molar-refractivity contribution < 1.29 is 5.11 Å². The van der Waals surface area contributed by atoms with Gasteiger partial charge in [0, 0.05) is 13.1 Å². The zero-order valence-corrected chi connectivity index (χ0v) is 20.0. The van der Waals surface area contributed by atoms with Crippen LogP contribution in [0.25, 0.3) is 0 Å². The van der Waals surface area contributed by atoms with Crippen LogP contribution in [0, 0.1) is 0 Å². The van der Waals surface area contributed by atoms with E-state index in [4.69, 9.17) is 0 Å². The van der Waals surface area contributed by atoms with Gasteiger partial charge in [-0.25, -0.2) is 0 Å². The summed E-state index contributed by atoms with van der Waals surface area (Å²) in [5.74, 6) is 0. The minimum Gasteiger partial charge on any atom is -0.379 e. The van der Waals surface area contributed by atoms with Gasteiger partial charge in [-0.3, -0.25) is 4.90 Å². The van der Waals surface area contributed by atoms with E-state index in [0.717, 1.165) is 13.1 Å². The molecule has 0 radical (unpaired) electrons. The summed E-state index contributed by atoms with van der Waals surface area (Å²) < 4.78 is 0. The summed E-state index contributed by atoms with van der Waals surface area (Å²) in [5, 5.41) is 10.0. The topological polar surface area (TPSA) is 23.5 Å². The van der Waals surface area contributed by atoms with E-state index in [-0.39, 0.29) is 6.23 Å². The van der Waals surface area contributed by atoms with Crippen molar-refractivity contribution in [3.8, 4) is 0 Å². The smallest absolute Gasteiger partial charge is 0.104 e. The number of aliphatic hydroxyl groups is 1. The van der Waals surface area contributed by atoms with E-state index in [0.29, 0.717) is 0 Å². The maximum Gasteiger partial charge on any atom is 0.104 e. The van der Waals surface area contributed by atoms with Crippen LogP contribution in [0.1, 0.15) is 149 Å². The van der Waals surface area contributed by atoms with E-state index in [1.165, 1.54) is 128 Å². The van der Waals surface area contributed by atoms with Crippen molar-refractivity contribution >= 4 is 0 Å². The molecule has 0 aliphatic carbocycles. The number of aliphatic hydroxyl groups excluding tert-OH is 1. The van der Waals surface area contributed by atoms with Gasteiger partial charge in [0.1, 0.15) is 6.23 Å². The van der Waals surface area contributed by atoms with E-state index in [2.05, 4.69) is 18.7 Å². The minimum absolute atomic E-state index is 0.280. The fourth-order valence-corrected chi connectivity index (χ4v) is 4.09. The lowest BCUT2D eigenvalue weighted by molar-refractivity contribution is 0.0163. The molecule has 0 saturated carbocycles. The summed E-state index contributed by atoms with van der Waals surface area (Å²) in [6, 6.07) is 0. The highest BCUT2D eigenvalue weighted by molar-refractivity contribution is 4.60. The highest BCUT2D eigenvalue weighted by Gasteiger charge is 2.09. The van der Waals surface area contributed by atoms with Crippen molar-refractivity contribution in [3.63, 3.8) is 0 Å². The van der Waals surface area contributed by atoms with Gasteiger partial charge in [-0.2, -0.15) is 0 Å². The first-order valence-electron chi connectivity index (χ1n) is 13.1. The predicted molar refractivity (Wildman–Crippen MR) is 127 cm³/mol. The highest BCUT2D eigenvalue weighted by Crippen LogP contribution is 2.13. The Morgan fingerprint density at radius 3 is 0.964 bits per heavy atom. The molecule has 2 heteroatoms. The van der Waals surface area contributed by atoms with Crippen LogP contribution in [-0.2, 0) is 0 Å². The highest BCUT2D eigenvalue weighted by atomic mass is 16.3. The third kappa shape index (κ3) is 20.6. The molecular formula is C26H55NO. The van der Waals surface area contributed by atoms with Crippen LogP contribution in [0.3, 0.4) is 0 Å². The Balaban J connectivity index is 3.44. The first-order chi connectivity index (χ1) is 13.7. The molecule has 0 fully saturated rings. The van der Waals surface area contributed by atoms with Gasteiger partial charge in [-0.1, -0.05) is 129 Å². The standard InChI is InChI=1S/C26H55NO/c1-4-6-8-10-12-14-16-18-20-22-24-27(26(3)28)25-23-21-19-17-15-13-11-9-7-5-2/h26,28H,4-25H2,1-3H3. The average Bonchev–Trinajstić information content (AvgIpc) is 2.68. The Morgan fingerprint density at radius 2 is 0.714 bits per heavy atom. The molecule has 0 amide bonds. The Labute approximate surface area is 178 Å². The van der Waals surface area contributed by atoms with Crippen LogP contribution in [-0.4, -0.2) is 29.3 Å². The van der Waals surface area contributed by atoms with Crippen LogP contribution >= 0.6 is 0 Å². The van der Waals surface area contributed by atoms with Crippen LogP contribution in [0.4, 0.5) is 0 Å². The number of nitrogens with zero attached hydrogens (tertiary/aromatic N) is 1. The SMILES string of the molecule is CCCCCCCCCCCCN(CCCCCCCCCCCC)C(C)O. The molecule has 0 spiro atoms. The van der Waals surface area contributed by atoms with Gasteiger partial charge in [-0.15, -0.1) is 0 Å². The minimum atomic E-state index is -0.280. The van der Waals surface area contributed by atoms with Crippen LogP contribution in [0.2, 0.25) is 0 Å². The Kier molecular flexibility index (Phi) is 23.1. The maximum atomic E-state index is 10.0. The number of rotatable bonds is 23. The lowest BCUT2D eigenvalue weighted by Crippen LogP contribution is -2.34. The summed E-state index contributed by atoms with van der Waals surface area (Å²) in [4.78, 5) is 2.29. The molecule has 1 unspecified atom stereocenters. The van der Waals surface area contributed by atoms with E-state index in [1.807, 2.05) is 6.92 Å². The number of unbranched alkanes of at least 4 members (excludes halogenated alkanes) is 18. The fourth-order valence-electron chi connectivity index (χ4n) is 4.09. The van der Waals surface area contributed by atoms with Crippen LogP contribution in [0.5, 0.6) is 0 Å². The molecule has 170 valence electrons. The first kappa shape index (κ1) is 27.9. The largest absolute Gasteiger partial charge is 0.379 e. The van der Waals surface area contributed by atoms with Crippen LogP contribution < -0.4 is 0 Å². The van der Waals surface area contributed by atoms with E-state index >= 15 is 0 Å². The molecule has 0 saturated heterocycles. The zero-order chi connectivity index (χ0) is 20.7. The lowest BCUT2D eigenvalue weighted by atomic mass is 10.1. The molecule has 28 heavy (non-hydrogen) atoms. The van der Waals surface area contributed by atoms with Crippen molar-refractivity contribution in [2.45, 2.75) is 155 Å². The zero-order valence-electron chi connectivity index (χ0n) is 20.0. The molecular weight excluding hydrogens is 342 g/mol. The Morgan fingerprint density at radius 1 is 0.464 bits per heavy atom. The predicted octanol–water partition coefficient (Wildman–Crippen LogP) is 8.47. The van der Waals surface area contributed by atoms with E-state index < -0.39 is 0 Å². The van der Waals surface area contributed by atoms with Gasteiger partial charge >= 0.3 is 0 Å². The second-order valence-corrected chi connectivity index (χ2v) is 9.03. The molecule has 0 bridgehead atoms. The van der Waals surface area contributed by atoms with Gasteiger partial charge in [0.15, 0.2) is 0 Å². The second kappa shape index (κ2) is 23.2. The number of hydrogen-bond donors (Lipinski definition) is 1. The van der Waals surface area contributed by atoms with Crippen molar-refractivity contribution in [2.24, 2.45) is 0 Å². The van der Waals surface area contributed by atoms with E-state index in [1.54, 1.807) is 0 Å². The molecule has 0 aromatic carbocycles. The molecule has 1 atom stereocenters. The monoisotopic (exact) mass is 397 g/mol. The molecule has 2 nitrogen and oxygen atoms in total. The summed E-state index contributed by atoms with van der Waals surface area (Å²) in [7, 11) is 0. The molecule has 0 aliphatic rings. The normalized spacial score (nSPS) is 12.8. The molecule has 1 N–H and O–H groups in total. The average molecular weight is 398 g/mol. The van der Waals surface area contributed by atoms with Crippen molar-refractivity contribution in [1.29, 1.82) is 0 Å². The number of hydrogen-bond acceptors (Lipinski definition) is 2. The first-order valence-corrected chi connectivity index (χ1v) is 13.1. The van der Waals surface area contributed by atoms with Gasteiger partial charge in [0.25, 0.3) is 0 Å².